The number of hydrogen-bond acceptors (Lipinski definition) is 4. The molecule has 5 nitrogen and oxygen atoms in total. The third-order valence-corrected chi connectivity index (χ3v) is 2.51. The summed E-state index contributed by atoms with van der Waals surface area (Å²) in [5, 5.41) is 7.40. The average molecular weight is 232 g/mol. The number of nitrogens with two attached hydrogens (primary N) is 1. The Morgan fingerprint density at radius 3 is 2.71 bits per heavy atom. The Hall–Kier alpha value is -2.17. The van der Waals surface area contributed by atoms with Gasteiger partial charge in [-0.25, -0.2) is 0 Å². The van der Waals surface area contributed by atoms with Crippen molar-refractivity contribution in [2.75, 3.05) is 18.2 Å². The van der Waals surface area contributed by atoms with E-state index in [1.165, 1.54) is 0 Å². The quantitative estimate of drug-likeness (QED) is 0.850. The van der Waals surface area contributed by atoms with E-state index in [1.54, 1.807) is 18.0 Å². The number of nitrogens with zero attached hydrogens (tertiary/aromatic N) is 2. The second-order valence-electron chi connectivity index (χ2n) is 3.92. The van der Waals surface area contributed by atoms with Crippen molar-refractivity contribution < 1.29 is 4.74 Å². The van der Waals surface area contributed by atoms with Crippen LogP contribution in [0.5, 0.6) is 5.75 Å². The molecule has 0 aliphatic heterocycles. The van der Waals surface area contributed by atoms with Crippen LogP contribution in [0, 0.1) is 6.92 Å². The van der Waals surface area contributed by atoms with E-state index in [0.29, 0.717) is 11.5 Å². The van der Waals surface area contributed by atoms with E-state index in [0.717, 1.165) is 17.0 Å². The van der Waals surface area contributed by atoms with Crippen molar-refractivity contribution in [2.45, 2.75) is 6.92 Å². The Morgan fingerprint density at radius 2 is 2.18 bits per heavy atom. The molecule has 3 N–H and O–H groups in total. The number of aromatic nitrogens is 2. The molecule has 0 saturated carbocycles. The molecule has 1 aromatic heterocycles. The van der Waals surface area contributed by atoms with Crippen LogP contribution in [0.2, 0.25) is 0 Å². The molecule has 0 bridgehead atoms. The summed E-state index contributed by atoms with van der Waals surface area (Å²) in [7, 11) is 3.49. The van der Waals surface area contributed by atoms with Gasteiger partial charge in [-0.3, -0.25) is 4.68 Å². The fraction of sp³-hybridized carbons (Fsp3) is 0.250. The molecule has 0 saturated heterocycles. The van der Waals surface area contributed by atoms with Gasteiger partial charge in [-0.2, -0.15) is 5.10 Å². The first-order valence-electron chi connectivity index (χ1n) is 5.31. The highest BCUT2D eigenvalue weighted by Crippen LogP contribution is 2.25. The Bertz CT molecular complexity index is 533. The van der Waals surface area contributed by atoms with Gasteiger partial charge in [-0.05, 0) is 30.7 Å². The second-order valence-corrected chi connectivity index (χ2v) is 3.92. The largest absolute Gasteiger partial charge is 0.496 e. The maximum atomic E-state index is 5.81. The molecule has 0 unspecified atom stereocenters. The number of methoxy groups -OCH3 is 1. The summed E-state index contributed by atoms with van der Waals surface area (Å²) in [6.45, 7) is 1.99. The molecule has 2 rings (SSSR count). The molecule has 0 radical (unpaired) electrons. The maximum Gasteiger partial charge on any atom is 0.175 e. The van der Waals surface area contributed by atoms with Crippen LogP contribution in [0.1, 0.15) is 5.56 Å². The summed E-state index contributed by atoms with van der Waals surface area (Å²) in [5.74, 6) is 1.53. The molecule has 1 heterocycles. The van der Waals surface area contributed by atoms with Crippen LogP contribution in [-0.2, 0) is 7.05 Å². The predicted octanol–water partition coefficient (Wildman–Crippen LogP) is 2.06. The number of nitrogens with one attached hydrogen (secondary N) is 1. The van der Waals surface area contributed by atoms with Crippen LogP contribution in [0.25, 0.3) is 0 Å². The zero-order chi connectivity index (χ0) is 12.4. The van der Waals surface area contributed by atoms with Gasteiger partial charge in [0.2, 0.25) is 0 Å². The topological polar surface area (TPSA) is 65.1 Å². The smallest absolute Gasteiger partial charge is 0.175 e. The number of rotatable bonds is 3. The predicted molar refractivity (Wildman–Crippen MR) is 68.6 cm³/mol. The Kier molecular flexibility index (Phi) is 2.91. The third kappa shape index (κ3) is 2.33. The van der Waals surface area contributed by atoms with Gasteiger partial charge in [0.15, 0.2) is 5.82 Å². The van der Waals surface area contributed by atoms with Crippen molar-refractivity contribution in [1.82, 2.24) is 9.78 Å². The Balaban J connectivity index is 2.24. The molecular weight excluding hydrogens is 216 g/mol. The van der Waals surface area contributed by atoms with Gasteiger partial charge in [-0.1, -0.05) is 0 Å². The number of nitrogen functional groups attached to an aromatic ring is 1. The molecule has 17 heavy (non-hydrogen) atoms. The molecule has 0 aliphatic carbocycles. The summed E-state index contributed by atoms with van der Waals surface area (Å²) in [5.41, 5.74) is 8.44. The lowest BCUT2D eigenvalue weighted by molar-refractivity contribution is 0.412. The molecule has 1 aromatic carbocycles. The van der Waals surface area contributed by atoms with Gasteiger partial charge in [0.05, 0.1) is 12.8 Å². The molecule has 90 valence electrons. The first-order chi connectivity index (χ1) is 8.10. The van der Waals surface area contributed by atoms with Crippen LogP contribution < -0.4 is 15.8 Å². The molecule has 2 aromatic rings. The molecule has 0 spiro atoms. The normalized spacial score (nSPS) is 10.3. The number of benzene rings is 1. The van der Waals surface area contributed by atoms with E-state index in [9.17, 15) is 0 Å². The SMILES string of the molecule is COc1ccc(Nc2nn(C)cc2N)cc1C. The van der Waals surface area contributed by atoms with Gasteiger partial charge < -0.3 is 15.8 Å². The second kappa shape index (κ2) is 4.37. The van der Waals surface area contributed by atoms with Gasteiger partial charge in [-0.15, -0.1) is 0 Å². The number of aryl methyl sites for hydroxylation is 2. The molecular formula is C12H16N4O. The van der Waals surface area contributed by atoms with Crippen molar-refractivity contribution in [3.8, 4) is 5.75 Å². The molecule has 0 atom stereocenters. The Labute approximate surface area is 100 Å². The van der Waals surface area contributed by atoms with E-state index in [4.69, 9.17) is 10.5 Å². The minimum atomic E-state index is 0.626. The van der Waals surface area contributed by atoms with E-state index < -0.39 is 0 Å². The fourth-order valence-corrected chi connectivity index (χ4v) is 1.70. The van der Waals surface area contributed by atoms with Gasteiger partial charge in [0.1, 0.15) is 5.75 Å². The molecule has 0 amide bonds. The lowest BCUT2D eigenvalue weighted by Crippen LogP contribution is -1.97. The standard InChI is InChI=1S/C12H16N4O/c1-8-6-9(4-5-11(8)17-3)14-12-10(13)7-16(2)15-12/h4-7H,13H2,1-3H3,(H,14,15). The molecule has 5 heteroatoms. The van der Waals surface area contributed by atoms with Crippen molar-refractivity contribution in [3.63, 3.8) is 0 Å². The first kappa shape index (κ1) is 11.3. The van der Waals surface area contributed by atoms with E-state index in [1.807, 2.05) is 32.2 Å². The van der Waals surface area contributed by atoms with Crippen LogP contribution in [0.3, 0.4) is 0 Å². The van der Waals surface area contributed by atoms with Crippen molar-refractivity contribution in [1.29, 1.82) is 0 Å². The van der Waals surface area contributed by atoms with Crippen molar-refractivity contribution in [2.24, 2.45) is 7.05 Å². The third-order valence-electron chi connectivity index (χ3n) is 2.51. The highest BCUT2D eigenvalue weighted by atomic mass is 16.5. The van der Waals surface area contributed by atoms with Crippen LogP contribution in [0.15, 0.2) is 24.4 Å². The summed E-state index contributed by atoms with van der Waals surface area (Å²) in [6.07, 6.45) is 1.76. The van der Waals surface area contributed by atoms with E-state index in [-0.39, 0.29) is 0 Å². The van der Waals surface area contributed by atoms with Gasteiger partial charge in [0.25, 0.3) is 0 Å². The highest BCUT2D eigenvalue weighted by molar-refractivity contribution is 5.68. The lowest BCUT2D eigenvalue weighted by Gasteiger charge is -2.08. The minimum Gasteiger partial charge on any atom is -0.496 e. The summed E-state index contributed by atoms with van der Waals surface area (Å²) < 4.78 is 6.88. The van der Waals surface area contributed by atoms with Crippen LogP contribution in [-0.4, -0.2) is 16.9 Å². The summed E-state index contributed by atoms with van der Waals surface area (Å²) >= 11 is 0. The monoisotopic (exact) mass is 232 g/mol. The Morgan fingerprint density at radius 1 is 1.41 bits per heavy atom. The van der Waals surface area contributed by atoms with E-state index in [2.05, 4.69) is 10.4 Å². The highest BCUT2D eigenvalue weighted by Gasteiger charge is 2.05. The van der Waals surface area contributed by atoms with Crippen LogP contribution >= 0.6 is 0 Å². The zero-order valence-corrected chi connectivity index (χ0v) is 10.2. The first-order valence-corrected chi connectivity index (χ1v) is 5.31. The number of ether oxygens (including phenoxy) is 1. The molecule has 0 fully saturated rings. The van der Waals surface area contributed by atoms with Crippen LogP contribution in [0.4, 0.5) is 17.2 Å². The molecule has 0 aliphatic rings. The zero-order valence-electron chi connectivity index (χ0n) is 10.2. The van der Waals surface area contributed by atoms with Crippen molar-refractivity contribution in [3.05, 3.63) is 30.0 Å². The summed E-state index contributed by atoms with van der Waals surface area (Å²) in [6, 6.07) is 5.84. The fourth-order valence-electron chi connectivity index (χ4n) is 1.70. The number of anilines is 3. The summed E-state index contributed by atoms with van der Waals surface area (Å²) in [4.78, 5) is 0. The number of hydrogen-bond donors (Lipinski definition) is 2. The lowest BCUT2D eigenvalue weighted by atomic mass is 10.2. The van der Waals surface area contributed by atoms with Gasteiger partial charge >= 0.3 is 0 Å². The van der Waals surface area contributed by atoms with Crippen molar-refractivity contribution >= 4 is 17.2 Å². The minimum absolute atomic E-state index is 0.626. The maximum absolute atomic E-state index is 5.81. The van der Waals surface area contributed by atoms with Gasteiger partial charge in [0, 0.05) is 18.9 Å². The van der Waals surface area contributed by atoms with E-state index >= 15 is 0 Å². The average Bonchev–Trinajstić information content (AvgIpc) is 2.58.